The number of anilines is 1. The van der Waals surface area contributed by atoms with Crippen molar-refractivity contribution in [3.05, 3.63) is 53.9 Å². The number of rotatable bonds is 3. The number of aromatic nitrogens is 1. The zero-order valence-electron chi connectivity index (χ0n) is 18.1. The summed E-state index contributed by atoms with van der Waals surface area (Å²) in [6.07, 6.45) is 8.42. The average Bonchev–Trinajstić information content (AvgIpc) is 2.78. The summed E-state index contributed by atoms with van der Waals surface area (Å²) in [6, 6.07) is 10.5. The van der Waals surface area contributed by atoms with E-state index in [0.29, 0.717) is 46.2 Å². The third kappa shape index (κ3) is 7.13. The summed E-state index contributed by atoms with van der Waals surface area (Å²) >= 11 is 0. The SMILES string of the molecule is CC[n+]1ccc(/C=C/c2ccc3c(c2)OCCOCCOCCOCCN3C)cc1. The van der Waals surface area contributed by atoms with E-state index in [4.69, 9.17) is 18.9 Å². The van der Waals surface area contributed by atoms with E-state index in [9.17, 15) is 0 Å². The number of benzene rings is 1. The fourth-order valence-corrected chi connectivity index (χ4v) is 3.12. The number of hydrogen-bond acceptors (Lipinski definition) is 5. The van der Waals surface area contributed by atoms with Gasteiger partial charge in [-0.05, 0) is 30.2 Å². The quantitative estimate of drug-likeness (QED) is 0.724. The topological polar surface area (TPSA) is 44.0 Å². The molecule has 3 rings (SSSR count). The Kier molecular flexibility index (Phi) is 9.15. The maximum absolute atomic E-state index is 6.07. The molecule has 2 aromatic rings. The van der Waals surface area contributed by atoms with Crippen molar-refractivity contribution in [2.24, 2.45) is 0 Å². The molecule has 0 bridgehead atoms. The first-order chi connectivity index (χ1) is 14.8. The van der Waals surface area contributed by atoms with Gasteiger partial charge in [-0.25, -0.2) is 4.57 Å². The summed E-state index contributed by atoms with van der Waals surface area (Å²) in [5, 5.41) is 0. The molecule has 2 heterocycles. The van der Waals surface area contributed by atoms with Crippen molar-refractivity contribution in [1.29, 1.82) is 0 Å². The Morgan fingerprint density at radius 3 is 2.17 bits per heavy atom. The molecule has 30 heavy (non-hydrogen) atoms. The summed E-state index contributed by atoms with van der Waals surface area (Å²) in [4.78, 5) is 2.16. The fourth-order valence-electron chi connectivity index (χ4n) is 3.12. The molecule has 1 aliphatic heterocycles. The molecule has 0 fully saturated rings. The van der Waals surface area contributed by atoms with Gasteiger partial charge in [0.05, 0.1) is 45.3 Å². The highest BCUT2D eigenvalue weighted by molar-refractivity contribution is 5.72. The summed E-state index contributed by atoms with van der Waals surface area (Å²) in [5.41, 5.74) is 3.31. The number of ether oxygens (including phenoxy) is 4. The van der Waals surface area contributed by atoms with Crippen molar-refractivity contribution in [1.82, 2.24) is 0 Å². The standard InChI is InChI=1S/C24H33N2O4/c1-3-26-10-8-21(9-11-26)4-5-22-6-7-23-24(20-22)30-19-18-29-17-16-28-15-14-27-13-12-25(23)2/h4-11,20H,3,12-19H2,1-2H3/q+1. The highest BCUT2D eigenvalue weighted by Crippen LogP contribution is 2.29. The van der Waals surface area contributed by atoms with E-state index in [2.05, 4.69) is 78.3 Å². The molecule has 0 unspecified atom stereocenters. The molecule has 1 aromatic carbocycles. The fraction of sp³-hybridized carbons (Fsp3) is 0.458. The van der Waals surface area contributed by atoms with Crippen molar-refractivity contribution in [3.8, 4) is 5.75 Å². The molecule has 0 spiro atoms. The van der Waals surface area contributed by atoms with Crippen LogP contribution in [0.25, 0.3) is 12.2 Å². The number of fused-ring (bicyclic) bond motifs is 1. The molecule has 0 atom stereocenters. The predicted octanol–water partition coefficient (Wildman–Crippen LogP) is 3.04. The van der Waals surface area contributed by atoms with Gasteiger partial charge in [-0.3, -0.25) is 0 Å². The highest BCUT2D eigenvalue weighted by atomic mass is 16.6. The smallest absolute Gasteiger partial charge is 0.169 e. The molecule has 0 N–H and O–H groups in total. The van der Waals surface area contributed by atoms with Crippen molar-refractivity contribution in [2.75, 3.05) is 64.7 Å². The predicted molar refractivity (Wildman–Crippen MR) is 119 cm³/mol. The minimum Gasteiger partial charge on any atom is -0.489 e. The molecule has 0 amide bonds. The molecule has 6 nitrogen and oxygen atoms in total. The molecular formula is C24H33N2O4+. The van der Waals surface area contributed by atoms with Crippen LogP contribution in [0.5, 0.6) is 5.75 Å². The zero-order valence-corrected chi connectivity index (χ0v) is 18.1. The summed E-state index contributed by atoms with van der Waals surface area (Å²) in [6.45, 7) is 7.89. The molecule has 0 radical (unpaired) electrons. The van der Waals surface area contributed by atoms with E-state index in [1.165, 1.54) is 5.56 Å². The van der Waals surface area contributed by atoms with Gasteiger partial charge in [0, 0.05) is 25.7 Å². The van der Waals surface area contributed by atoms with Gasteiger partial charge >= 0.3 is 0 Å². The van der Waals surface area contributed by atoms with Crippen molar-refractivity contribution in [3.63, 3.8) is 0 Å². The van der Waals surface area contributed by atoms with Crippen LogP contribution >= 0.6 is 0 Å². The first kappa shape index (κ1) is 22.3. The molecule has 6 heteroatoms. The lowest BCUT2D eigenvalue weighted by Crippen LogP contribution is -2.30. The van der Waals surface area contributed by atoms with Crippen LogP contribution < -0.4 is 14.2 Å². The molecule has 1 aromatic heterocycles. The van der Waals surface area contributed by atoms with Gasteiger partial charge in [0.25, 0.3) is 0 Å². The summed E-state index contributed by atoms with van der Waals surface area (Å²) in [7, 11) is 2.05. The maximum Gasteiger partial charge on any atom is 0.169 e. The van der Waals surface area contributed by atoms with E-state index in [1.807, 2.05) is 0 Å². The van der Waals surface area contributed by atoms with Gasteiger partial charge in [0.2, 0.25) is 0 Å². The second kappa shape index (κ2) is 12.3. The van der Waals surface area contributed by atoms with Gasteiger partial charge in [-0.1, -0.05) is 18.2 Å². The van der Waals surface area contributed by atoms with Gasteiger partial charge in [-0.2, -0.15) is 0 Å². The largest absolute Gasteiger partial charge is 0.489 e. The van der Waals surface area contributed by atoms with Gasteiger partial charge in [-0.15, -0.1) is 0 Å². The van der Waals surface area contributed by atoms with Crippen LogP contribution in [0.2, 0.25) is 0 Å². The van der Waals surface area contributed by atoms with E-state index in [0.717, 1.165) is 30.1 Å². The third-order valence-corrected chi connectivity index (χ3v) is 4.95. The van der Waals surface area contributed by atoms with Crippen LogP contribution in [0.15, 0.2) is 42.7 Å². The summed E-state index contributed by atoms with van der Waals surface area (Å²) < 4.78 is 24.9. The van der Waals surface area contributed by atoms with Crippen LogP contribution in [-0.4, -0.2) is 59.8 Å². The molecule has 1 aliphatic rings. The first-order valence-electron chi connectivity index (χ1n) is 10.6. The van der Waals surface area contributed by atoms with E-state index in [-0.39, 0.29) is 0 Å². The Morgan fingerprint density at radius 1 is 0.833 bits per heavy atom. The average molecular weight is 414 g/mol. The third-order valence-electron chi connectivity index (χ3n) is 4.95. The molecular weight excluding hydrogens is 380 g/mol. The second-order valence-corrected chi connectivity index (χ2v) is 7.13. The lowest BCUT2D eigenvalue weighted by atomic mass is 10.1. The number of nitrogens with zero attached hydrogens (tertiary/aromatic N) is 2. The van der Waals surface area contributed by atoms with Crippen LogP contribution in [-0.2, 0) is 20.8 Å². The Morgan fingerprint density at radius 2 is 1.47 bits per heavy atom. The van der Waals surface area contributed by atoms with Crippen molar-refractivity contribution in [2.45, 2.75) is 13.5 Å². The number of pyridine rings is 1. The van der Waals surface area contributed by atoms with Crippen LogP contribution in [0, 0.1) is 0 Å². The maximum atomic E-state index is 6.07. The molecule has 162 valence electrons. The zero-order chi connectivity index (χ0) is 21.0. The van der Waals surface area contributed by atoms with E-state index < -0.39 is 0 Å². The second-order valence-electron chi connectivity index (χ2n) is 7.13. The minimum absolute atomic E-state index is 0.500. The lowest BCUT2D eigenvalue weighted by Gasteiger charge is -2.22. The van der Waals surface area contributed by atoms with Crippen LogP contribution in [0.4, 0.5) is 5.69 Å². The van der Waals surface area contributed by atoms with Gasteiger partial charge in [0.15, 0.2) is 12.4 Å². The lowest BCUT2D eigenvalue weighted by molar-refractivity contribution is -0.693. The Labute approximate surface area is 179 Å². The van der Waals surface area contributed by atoms with Crippen LogP contribution in [0.1, 0.15) is 18.1 Å². The van der Waals surface area contributed by atoms with E-state index >= 15 is 0 Å². The number of aryl methyl sites for hydroxylation is 1. The molecule has 0 saturated carbocycles. The summed E-state index contributed by atoms with van der Waals surface area (Å²) in [5.74, 6) is 0.853. The minimum atomic E-state index is 0.500. The molecule has 0 aliphatic carbocycles. The van der Waals surface area contributed by atoms with E-state index in [1.54, 1.807) is 0 Å². The first-order valence-corrected chi connectivity index (χ1v) is 10.6. The van der Waals surface area contributed by atoms with Crippen molar-refractivity contribution < 1.29 is 23.5 Å². The highest BCUT2D eigenvalue weighted by Gasteiger charge is 2.10. The number of hydrogen-bond donors (Lipinski definition) is 0. The molecule has 0 saturated heterocycles. The van der Waals surface area contributed by atoms with Crippen molar-refractivity contribution >= 4 is 17.8 Å². The Balaban J connectivity index is 1.72. The van der Waals surface area contributed by atoms with Gasteiger partial charge < -0.3 is 23.8 Å². The number of likely N-dealkylation sites (N-methyl/N-ethyl adjacent to an activating group) is 1. The van der Waals surface area contributed by atoms with Gasteiger partial charge in [0.1, 0.15) is 18.9 Å². The normalized spacial score (nSPS) is 17.1. The Bertz CT molecular complexity index is 792. The Hall–Kier alpha value is -2.41. The van der Waals surface area contributed by atoms with Crippen LogP contribution in [0.3, 0.4) is 0 Å². The monoisotopic (exact) mass is 413 g/mol.